The average Bonchev–Trinajstić information content (AvgIpc) is 3.26. The molecule has 0 spiro atoms. The molecule has 3 aliphatic rings. The number of nitrogens with one attached hydrogen (secondary N) is 1. The summed E-state index contributed by atoms with van der Waals surface area (Å²) in [5.41, 5.74) is 0.0495. The second kappa shape index (κ2) is 9.54. The fourth-order valence-corrected chi connectivity index (χ4v) is 8.66. The third-order valence-corrected chi connectivity index (χ3v) is 10.5. The number of hydrogen-bond donors (Lipinski definition) is 1. The number of carbonyl (C=O) groups is 2. The first-order valence-electron chi connectivity index (χ1n) is 12.2. The van der Waals surface area contributed by atoms with Gasteiger partial charge in [-0.2, -0.15) is 0 Å². The smallest absolute Gasteiger partial charge is 0.410 e. The van der Waals surface area contributed by atoms with Gasteiger partial charge in [0.15, 0.2) is 21.5 Å². The summed E-state index contributed by atoms with van der Waals surface area (Å²) in [7, 11) is -3.91. The highest BCUT2D eigenvalue weighted by Crippen LogP contribution is 2.51. The van der Waals surface area contributed by atoms with Gasteiger partial charge >= 0.3 is 6.09 Å². The Hall–Kier alpha value is -2.72. The molecule has 1 saturated heterocycles. The van der Waals surface area contributed by atoms with Crippen LogP contribution in [0.3, 0.4) is 0 Å². The summed E-state index contributed by atoms with van der Waals surface area (Å²) in [5.74, 6) is -2.57. The molecule has 2 amide bonds. The fourth-order valence-electron chi connectivity index (χ4n) is 6.25. The van der Waals surface area contributed by atoms with Crippen LogP contribution < -0.4 is 5.32 Å². The van der Waals surface area contributed by atoms with Crippen molar-refractivity contribution < 1.29 is 31.5 Å². The van der Waals surface area contributed by atoms with Gasteiger partial charge in [0.2, 0.25) is 0 Å². The van der Waals surface area contributed by atoms with Crippen molar-refractivity contribution in [3.8, 4) is 0 Å². The zero-order valence-electron chi connectivity index (χ0n) is 20.3. The van der Waals surface area contributed by atoms with Gasteiger partial charge in [-0.05, 0) is 74.3 Å². The van der Waals surface area contributed by atoms with Crippen LogP contribution in [0.15, 0.2) is 41.3 Å². The van der Waals surface area contributed by atoms with Gasteiger partial charge in [0.05, 0.1) is 21.7 Å². The van der Waals surface area contributed by atoms with Crippen LogP contribution >= 0.6 is 11.6 Å². The van der Waals surface area contributed by atoms with E-state index in [1.165, 1.54) is 24.3 Å². The van der Waals surface area contributed by atoms with Crippen molar-refractivity contribution in [2.24, 2.45) is 17.8 Å². The molecule has 2 aliphatic carbocycles. The lowest BCUT2D eigenvalue weighted by Crippen LogP contribution is -2.49. The minimum absolute atomic E-state index is 0.00356. The summed E-state index contributed by atoms with van der Waals surface area (Å²) in [6.45, 7) is 4.44. The van der Waals surface area contributed by atoms with Gasteiger partial charge < -0.3 is 15.0 Å². The summed E-state index contributed by atoms with van der Waals surface area (Å²) in [6.07, 6.45) is 1.05. The van der Waals surface area contributed by atoms with Crippen LogP contribution in [0.25, 0.3) is 0 Å². The molecule has 1 heterocycles. The molecule has 0 aromatic heterocycles. The topological polar surface area (TPSA) is 92.8 Å². The maximum Gasteiger partial charge on any atom is 0.410 e. The van der Waals surface area contributed by atoms with E-state index in [1.54, 1.807) is 4.90 Å². The Labute approximate surface area is 219 Å². The van der Waals surface area contributed by atoms with Crippen molar-refractivity contribution >= 4 is 39.1 Å². The zero-order chi connectivity index (χ0) is 26.6. The van der Waals surface area contributed by atoms with Gasteiger partial charge in [-0.3, -0.25) is 4.79 Å². The average molecular weight is 553 g/mol. The second-order valence-electron chi connectivity index (χ2n) is 10.3. The Morgan fingerprint density at radius 2 is 1.84 bits per heavy atom. The summed E-state index contributed by atoms with van der Waals surface area (Å²) in [4.78, 5) is 26.8. The SMILES string of the molecule is C[C@@H]1CN(C2[C@H]3C[C@@H](S(=O)(=O)c4cc(C(=O)Nc5ccc(F)c(F)c5)ccc4Cl)C[C@@H]2[C@@H](C)C3)C(=O)O1. The first-order chi connectivity index (χ1) is 17.5. The molecule has 2 saturated carbocycles. The Kier molecular flexibility index (Phi) is 6.68. The van der Waals surface area contributed by atoms with Crippen LogP contribution in [0, 0.1) is 29.4 Å². The highest BCUT2D eigenvalue weighted by molar-refractivity contribution is 7.92. The molecule has 0 radical (unpaired) electrons. The number of sulfone groups is 1. The van der Waals surface area contributed by atoms with E-state index in [9.17, 15) is 26.8 Å². The predicted molar refractivity (Wildman–Crippen MR) is 133 cm³/mol. The second-order valence-corrected chi connectivity index (χ2v) is 12.9. The fraction of sp³-hybridized carbons (Fsp3) is 0.462. The number of benzene rings is 2. The molecular formula is C26H27ClF2N2O5S. The number of hydrogen-bond acceptors (Lipinski definition) is 5. The third-order valence-electron chi connectivity index (χ3n) is 7.89. The number of carbonyl (C=O) groups excluding carboxylic acids is 2. The van der Waals surface area contributed by atoms with Crippen LogP contribution in [0.5, 0.6) is 0 Å². The van der Waals surface area contributed by atoms with Gasteiger partial charge in [-0.25, -0.2) is 22.0 Å². The largest absolute Gasteiger partial charge is 0.444 e. The minimum atomic E-state index is -3.91. The van der Waals surface area contributed by atoms with Crippen LogP contribution in [-0.2, 0) is 14.6 Å². The Balaban J connectivity index is 1.38. The van der Waals surface area contributed by atoms with E-state index in [-0.39, 0.29) is 57.2 Å². The van der Waals surface area contributed by atoms with Crippen LogP contribution in [-0.4, -0.2) is 49.3 Å². The summed E-state index contributed by atoms with van der Waals surface area (Å²) >= 11 is 6.32. The summed E-state index contributed by atoms with van der Waals surface area (Å²) in [6, 6.07) is 6.82. The van der Waals surface area contributed by atoms with Gasteiger partial charge in [-0.15, -0.1) is 0 Å². The van der Waals surface area contributed by atoms with Crippen LogP contribution in [0.2, 0.25) is 5.02 Å². The molecule has 1 N–H and O–H groups in total. The summed E-state index contributed by atoms with van der Waals surface area (Å²) < 4.78 is 59.6. The van der Waals surface area contributed by atoms with Crippen molar-refractivity contribution in [3.63, 3.8) is 0 Å². The number of halogens is 3. The molecule has 6 atom stereocenters. The van der Waals surface area contributed by atoms with E-state index in [2.05, 4.69) is 12.2 Å². The first-order valence-corrected chi connectivity index (χ1v) is 14.1. The number of fused-ring (bicyclic) bond motifs is 2. The van der Waals surface area contributed by atoms with Crippen molar-refractivity contribution in [3.05, 3.63) is 58.6 Å². The quantitative estimate of drug-likeness (QED) is 0.544. The lowest BCUT2D eigenvalue weighted by molar-refractivity contribution is 0.102. The molecule has 37 heavy (non-hydrogen) atoms. The number of anilines is 1. The van der Waals surface area contributed by atoms with Gasteiger partial charge in [0.1, 0.15) is 6.10 Å². The highest BCUT2D eigenvalue weighted by atomic mass is 35.5. The molecule has 2 aromatic carbocycles. The molecular weight excluding hydrogens is 526 g/mol. The third kappa shape index (κ3) is 4.69. The van der Waals surface area contributed by atoms with E-state index in [1.807, 2.05) is 6.92 Å². The lowest BCUT2D eigenvalue weighted by atomic mass is 9.81. The van der Waals surface area contributed by atoms with Crippen LogP contribution in [0.4, 0.5) is 19.3 Å². The highest BCUT2D eigenvalue weighted by Gasteiger charge is 2.54. The number of nitrogens with zero attached hydrogens (tertiary/aromatic N) is 1. The molecule has 3 fully saturated rings. The number of cyclic esters (lactones) is 1. The minimum Gasteiger partial charge on any atom is -0.444 e. The molecule has 1 unspecified atom stereocenters. The van der Waals surface area contributed by atoms with Crippen molar-refractivity contribution in [2.45, 2.75) is 55.4 Å². The zero-order valence-corrected chi connectivity index (χ0v) is 21.9. The molecule has 7 nitrogen and oxygen atoms in total. The van der Waals surface area contributed by atoms with Gasteiger partial charge in [0, 0.05) is 23.4 Å². The monoisotopic (exact) mass is 552 g/mol. The normalized spacial score (nSPS) is 29.3. The number of amides is 2. The first kappa shape index (κ1) is 25.9. The molecule has 5 rings (SSSR count). The van der Waals surface area contributed by atoms with E-state index in [0.717, 1.165) is 18.6 Å². The number of rotatable bonds is 5. The van der Waals surface area contributed by atoms with E-state index < -0.39 is 32.6 Å². The Morgan fingerprint density at radius 3 is 2.49 bits per heavy atom. The van der Waals surface area contributed by atoms with Gasteiger partial charge in [0.25, 0.3) is 5.91 Å². The lowest BCUT2D eigenvalue weighted by Gasteiger charge is -2.39. The van der Waals surface area contributed by atoms with E-state index in [4.69, 9.17) is 16.3 Å². The maximum atomic E-state index is 13.8. The van der Waals surface area contributed by atoms with Crippen molar-refractivity contribution in [1.82, 2.24) is 4.90 Å². The maximum absolute atomic E-state index is 13.8. The predicted octanol–water partition coefficient (Wildman–Crippen LogP) is 5.29. The van der Waals surface area contributed by atoms with E-state index in [0.29, 0.717) is 19.4 Å². The Bertz CT molecular complexity index is 1370. The van der Waals surface area contributed by atoms with Crippen molar-refractivity contribution in [2.75, 3.05) is 11.9 Å². The van der Waals surface area contributed by atoms with Crippen molar-refractivity contribution in [1.29, 1.82) is 0 Å². The standard InChI is InChI=1S/C26H27ClF2N2O5S/c1-13-7-16-8-18(11-19(13)24(16)31-12-14(2)36-26(31)33)37(34,35)23-9-15(3-5-20(23)27)25(32)30-17-4-6-21(28)22(29)10-17/h3-6,9-10,13-14,16,18-19,24H,7-8,11-12H2,1-2H3,(H,30,32)/t13-,14+,16+,18+,19+,24?/m0/s1. The van der Waals surface area contributed by atoms with Crippen LogP contribution in [0.1, 0.15) is 43.5 Å². The molecule has 2 aromatic rings. The number of ether oxygens (including phenoxy) is 1. The van der Waals surface area contributed by atoms with E-state index >= 15 is 0 Å². The summed E-state index contributed by atoms with van der Waals surface area (Å²) in [5, 5.41) is 1.74. The molecule has 1 aliphatic heterocycles. The molecule has 198 valence electrons. The molecule has 11 heteroatoms. The molecule has 2 bridgehead atoms. The Morgan fingerprint density at radius 1 is 1.08 bits per heavy atom. The van der Waals surface area contributed by atoms with Gasteiger partial charge in [-0.1, -0.05) is 18.5 Å².